The van der Waals surface area contributed by atoms with Gasteiger partial charge in [-0.15, -0.1) is 0 Å². The van der Waals surface area contributed by atoms with E-state index in [-0.39, 0.29) is 12.1 Å². The molecule has 178 valence electrons. The quantitative estimate of drug-likeness (QED) is 0.466. The lowest BCUT2D eigenvalue weighted by atomic mass is 9.96. The van der Waals surface area contributed by atoms with Gasteiger partial charge in [0, 0.05) is 26.2 Å². The van der Waals surface area contributed by atoms with Crippen LogP contribution in [0.2, 0.25) is 0 Å². The Morgan fingerprint density at radius 3 is 1.76 bits per heavy atom. The SMILES string of the molecule is CC(NC(=O)N1CCN(C(c2ccccc2)c2ccccc2)CC1)Oc1ccc(C(C)C)cc1. The summed E-state index contributed by atoms with van der Waals surface area (Å²) >= 11 is 0. The number of benzene rings is 3. The molecule has 0 bridgehead atoms. The van der Waals surface area contributed by atoms with Crippen LogP contribution in [-0.4, -0.2) is 48.2 Å². The van der Waals surface area contributed by atoms with Gasteiger partial charge in [-0.05, 0) is 41.7 Å². The molecule has 0 aliphatic carbocycles. The van der Waals surface area contributed by atoms with Gasteiger partial charge in [0.05, 0.1) is 6.04 Å². The number of nitrogens with zero attached hydrogens (tertiary/aromatic N) is 2. The van der Waals surface area contributed by atoms with Gasteiger partial charge < -0.3 is 15.0 Å². The molecule has 1 heterocycles. The zero-order valence-corrected chi connectivity index (χ0v) is 20.4. The van der Waals surface area contributed by atoms with Crippen LogP contribution in [0.3, 0.4) is 0 Å². The first-order valence-corrected chi connectivity index (χ1v) is 12.2. The van der Waals surface area contributed by atoms with E-state index in [1.807, 2.05) is 24.0 Å². The molecule has 1 unspecified atom stereocenters. The number of hydrogen-bond donors (Lipinski definition) is 1. The average Bonchev–Trinajstić information content (AvgIpc) is 2.86. The van der Waals surface area contributed by atoms with Crippen LogP contribution in [0.5, 0.6) is 5.75 Å². The van der Waals surface area contributed by atoms with Crippen molar-refractivity contribution in [2.75, 3.05) is 26.2 Å². The van der Waals surface area contributed by atoms with Gasteiger partial charge in [-0.1, -0.05) is 86.6 Å². The molecule has 5 nitrogen and oxygen atoms in total. The Balaban J connectivity index is 1.33. The maximum absolute atomic E-state index is 12.9. The fourth-order valence-corrected chi connectivity index (χ4v) is 4.50. The topological polar surface area (TPSA) is 44.8 Å². The second-order valence-electron chi connectivity index (χ2n) is 9.18. The highest BCUT2D eigenvalue weighted by Gasteiger charge is 2.28. The number of amides is 2. The van der Waals surface area contributed by atoms with Crippen LogP contribution in [0.25, 0.3) is 0 Å². The summed E-state index contributed by atoms with van der Waals surface area (Å²) in [5, 5.41) is 2.99. The van der Waals surface area contributed by atoms with Crippen LogP contribution in [0.4, 0.5) is 4.79 Å². The minimum absolute atomic E-state index is 0.0816. The van der Waals surface area contributed by atoms with Gasteiger partial charge in [-0.2, -0.15) is 0 Å². The number of carbonyl (C=O) groups is 1. The molecule has 1 fully saturated rings. The van der Waals surface area contributed by atoms with Gasteiger partial charge in [0.2, 0.25) is 0 Å². The molecule has 3 aromatic rings. The van der Waals surface area contributed by atoms with Gasteiger partial charge in [0.1, 0.15) is 5.75 Å². The van der Waals surface area contributed by atoms with E-state index in [4.69, 9.17) is 4.74 Å². The van der Waals surface area contributed by atoms with Gasteiger partial charge in [0.25, 0.3) is 0 Å². The Bertz CT molecular complexity index is 990. The van der Waals surface area contributed by atoms with E-state index >= 15 is 0 Å². The summed E-state index contributed by atoms with van der Waals surface area (Å²) in [5.74, 6) is 1.24. The predicted molar refractivity (Wildman–Crippen MR) is 137 cm³/mol. The average molecular weight is 458 g/mol. The van der Waals surface area contributed by atoms with Gasteiger partial charge in [-0.3, -0.25) is 4.90 Å². The van der Waals surface area contributed by atoms with E-state index in [9.17, 15) is 4.79 Å². The van der Waals surface area contributed by atoms with Crippen molar-refractivity contribution in [3.8, 4) is 5.75 Å². The first-order chi connectivity index (χ1) is 16.5. The summed E-state index contributed by atoms with van der Waals surface area (Å²) in [4.78, 5) is 17.2. The van der Waals surface area contributed by atoms with Crippen LogP contribution in [0.15, 0.2) is 84.9 Å². The molecule has 1 aliphatic rings. The Labute approximate surface area is 203 Å². The van der Waals surface area contributed by atoms with Crippen molar-refractivity contribution < 1.29 is 9.53 Å². The Hall–Kier alpha value is -3.31. The third kappa shape index (κ3) is 5.97. The summed E-state index contributed by atoms with van der Waals surface area (Å²) in [7, 11) is 0. The Morgan fingerprint density at radius 1 is 0.735 bits per heavy atom. The number of urea groups is 1. The fraction of sp³-hybridized carbons (Fsp3) is 0.345. The standard InChI is InChI=1S/C29H35N3O2/c1-22(2)24-14-16-27(17-15-24)34-23(3)30-29(33)32-20-18-31(19-21-32)28(25-10-6-4-7-11-25)26-12-8-5-9-13-26/h4-17,22-23,28H,18-21H2,1-3H3,(H,30,33). The van der Waals surface area contributed by atoms with Crippen LogP contribution >= 0.6 is 0 Å². The third-order valence-corrected chi connectivity index (χ3v) is 6.38. The fourth-order valence-electron chi connectivity index (χ4n) is 4.50. The largest absolute Gasteiger partial charge is 0.471 e. The van der Waals surface area contributed by atoms with E-state index in [0.717, 1.165) is 18.8 Å². The summed E-state index contributed by atoms with van der Waals surface area (Å²) in [6, 6.07) is 29.4. The number of piperazine rings is 1. The highest BCUT2D eigenvalue weighted by atomic mass is 16.5. The molecule has 1 N–H and O–H groups in total. The highest BCUT2D eigenvalue weighted by molar-refractivity contribution is 5.74. The number of nitrogens with one attached hydrogen (secondary N) is 1. The lowest BCUT2D eigenvalue weighted by Crippen LogP contribution is -2.54. The molecule has 2 amide bonds. The molecule has 0 aromatic heterocycles. The number of carbonyl (C=O) groups excluding carboxylic acids is 1. The van der Waals surface area contributed by atoms with Crippen molar-refractivity contribution in [2.45, 2.75) is 39.0 Å². The molecule has 5 heteroatoms. The van der Waals surface area contributed by atoms with Crippen molar-refractivity contribution in [1.29, 1.82) is 0 Å². The van der Waals surface area contributed by atoms with E-state index < -0.39 is 6.23 Å². The maximum Gasteiger partial charge on any atom is 0.320 e. The van der Waals surface area contributed by atoms with Gasteiger partial charge in [0.15, 0.2) is 6.23 Å². The lowest BCUT2D eigenvalue weighted by Gasteiger charge is -2.40. The second-order valence-corrected chi connectivity index (χ2v) is 9.18. The molecule has 4 rings (SSSR count). The molecular weight excluding hydrogens is 422 g/mol. The highest BCUT2D eigenvalue weighted by Crippen LogP contribution is 2.29. The van der Waals surface area contributed by atoms with Crippen LogP contribution in [0.1, 0.15) is 49.4 Å². The second kappa shape index (κ2) is 11.2. The van der Waals surface area contributed by atoms with Crippen LogP contribution in [0, 0.1) is 0 Å². The first kappa shape index (κ1) is 23.8. The smallest absolute Gasteiger partial charge is 0.320 e. The Morgan fingerprint density at radius 2 is 1.26 bits per heavy atom. The van der Waals surface area contributed by atoms with Crippen LogP contribution < -0.4 is 10.1 Å². The molecule has 1 saturated heterocycles. The molecule has 34 heavy (non-hydrogen) atoms. The van der Waals surface area contributed by atoms with Gasteiger partial charge in [-0.25, -0.2) is 4.79 Å². The molecule has 3 aromatic carbocycles. The molecule has 0 spiro atoms. The van der Waals surface area contributed by atoms with Crippen molar-refractivity contribution in [2.24, 2.45) is 0 Å². The minimum atomic E-state index is -0.406. The summed E-state index contributed by atoms with van der Waals surface area (Å²) < 4.78 is 5.92. The molecular formula is C29H35N3O2. The zero-order valence-electron chi connectivity index (χ0n) is 20.4. The van der Waals surface area contributed by atoms with E-state index in [1.165, 1.54) is 16.7 Å². The summed E-state index contributed by atoms with van der Waals surface area (Å²) in [5.41, 5.74) is 3.82. The minimum Gasteiger partial charge on any atom is -0.471 e. The van der Waals surface area contributed by atoms with Gasteiger partial charge >= 0.3 is 6.03 Å². The zero-order chi connectivity index (χ0) is 23.9. The lowest BCUT2D eigenvalue weighted by molar-refractivity contribution is 0.108. The first-order valence-electron chi connectivity index (χ1n) is 12.2. The molecule has 0 radical (unpaired) electrons. The molecule has 1 atom stereocenters. The third-order valence-electron chi connectivity index (χ3n) is 6.38. The van der Waals surface area contributed by atoms with E-state index in [1.54, 1.807) is 0 Å². The number of ether oxygens (including phenoxy) is 1. The van der Waals surface area contributed by atoms with Crippen molar-refractivity contribution in [3.63, 3.8) is 0 Å². The number of hydrogen-bond acceptors (Lipinski definition) is 3. The molecule has 0 saturated carbocycles. The summed E-state index contributed by atoms with van der Waals surface area (Å²) in [6.07, 6.45) is -0.406. The monoisotopic (exact) mass is 457 g/mol. The van der Waals surface area contributed by atoms with Crippen molar-refractivity contribution in [1.82, 2.24) is 15.1 Å². The Kier molecular flexibility index (Phi) is 7.86. The maximum atomic E-state index is 12.9. The van der Waals surface area contributed by atoms with Crippen molar-refractivity contribution >= 4 is 6.03 Å². The predicted octanol–water partition coefficient (Wildman–Crippen LogP) is 5.65. The van der Waals surface area contributed by atoms with E-state index in [2.05, 4.69) is 96.9 Å². The van der Waals surface area contributed by atoms with Crippen molar-refractivity contribution in [3.05, 3.63) is 102 Å². The normalized spacial score (nSPS) is 15.4. The molecule has 1 aliphatic heterocycles. The number of rotatable bonds is 7. The van der Waals surface area contributed by atoms with E-state index in [0.29, 0.717) is 19.0 Å². The van der Waals surface area contributed by atoms with Crippen LogP contribution in [-0.2, 0) is 0 Å². The summed E-state index contributed by atoms with van der Waals surface area (Å²) in [6.45, 7) is 9.18.